The second-order valence-corrected chi connectivity index (χ2v) is 6.58. The Labute approximate surface area is 130 Å². The summed E-state index contributed by atoms with van der Waals surface area (Å²) in [6, 6.07) is 5.17. The molecule has 0 amide bonds. The van der Waals surface area contributed by atoms with Crippen molar-refractivity contribution in [3.63, 3.8) is 0 Å². The summed E-state index contributed by atoms with van der Waals surface area (Å²) in [4.78, 5) is 16.3. The fourth-order valence-electron chi connectivity index (χ4n) is 1.65. The molecule has 1 aromatic carbocycles. The van der Waals surface area contributed by atoms with E-state index in [0.29, 0.717) is 10.8 Å². The minimum atomic E-state index is -0.348. The molecule has 0 aliphatic rings. The lowest BCUT2D eigenvalue weighted by atomic mass is 10.1. The smallest absolute Gasteiger partial charge is 0.314 e. The minimum absolute atomic E-state index is 0.00225. The van der Waals surface area contributed by atoms with Gasteiger partial charge in [-0.1, -0.05) is 27.5 Å². The summed E-state index contributed by atoms with van der Waals surface area (Å²) in [6.07, 6.45) is 3.17. The van der Waals surface area contributed by atoms with E-state index in [1.807, 2.05) is 20.8 Å². The molecule has 0 spiro atoms. The Balaban J connectivity index is 2.45. The number of aromatic nitrogens is 2. The van der Waals surface area contributed by atoms with Crippen LogP contribution in [0.25, 0.3) is 0 Å². The minimum Gasteiger partial charge on any atom is -0.433 e. The second kappa shape index (κ2) is 5.58. The summed E-state index contributed by atoms with van der Waals surface area (Å²) in [5.41, 5.74) is -0.643. The Kier molecular flexibility index (Phi) is 4.20. The first-order chi connectivity index (χ1) is 9.29. The molecule has 106 valence electrons. The molecule has 0 atom stereocenters. The third-order valence-electron chi connectivity index (χ3n) is 2.63. The molecule has 0 fully saturated rings. The number of benzene rings is 1. The Morgan fingerprint density at radius 3 is 2.70 bits per heavy atom. The molecule has 2 rings (SSSR count). The van der Waals surface area contributed by atoms with Crippen LogP contribution in [0.2, 0.25) is 5.02 Å². The van der Waals surface area contributed by atoms with E-state index >= 15 is 0 Å². The Morgan fingerprint density at radius 1 is 1.35 bits per heavy atom. The first-order valence-corrected chi connectivity index (χ1v) is 7.17. The Bertz CT molecular complexity index is 692. The molecule has 0 N–H and O–H groups in total. The van der Waals surface area contributed by atoms with E-state index in [9.17, 15) is 4.79 Å². The SMILES string of the molecule is CC(C)(C)n1ccnc(Oc2cc(Br)ccc2Cl)c1=O. The predicted octanol–water partition coefficient (Wildman–Crippen LogP) is 4.21. The molecule has 0 saturated heterocycles. The fourth-order valence-corrected chi connectivity index (χ4v) is 2.15. The van der Waals surface area contributed by atoms with Crippen LogP contribution >= 0.6 is 27.5 Å². The van der Waals surface area contributed by atoms with E-state index in [0.717, 1.165) is 4.47 Å². The first kappa shape index (κ1) is 15.1. The van der Waals surface area contributed by atoms with Crippen LogP contribution in [0.3, 0.4) is 0 Å². The van der Waals surface area contributed by atoms with Gasteiger partial charge in [0.05, 0.1) is 5.02 Å². The Morgan fingerprint density at radius 2 is 2.05 bits per heavy atom. The number of halogens is 2. The van der Waals surface area contributed by atoms with E-state index in [1.54, 1.807) is 29.0 Å². The summed E-state index contributed by atoms with van der Waals surface area (Å²) in [5.74, 6) is 0.389. The molecule has 0 aliphatic carbocycles. The molecule has 0 aliphatic heterocycles. The summed E-state index contributed by atoms with van der Waals surface area (Å²) in [7, 11) is 0. The normalized spacial score (nSPS) is 11.4. The van der Waals surface area contributed by atoms with Gasteiger partial charge in [0.25, 0.3) is 5.88 Å². The highest BCUT2D eigenvalue weighted by atomic mass is 79.9. The van der Waals surface area contributed by atoms with Gasteiger partial charge in [-0.2, -0.15) is 0 Å². The van der Waals surface area contributed by atoms with Gasteiger partial charge < -0.3 is 9.30 Å². The van der Waals surface area contributed by atoms with Crippen molar-refractivity contribution in [3.8, 4) is 11.6 Å². The lowest BCUT2D eigenvalue weighted by Gasteiger charge is -2.22. The van der Waals surface area contributed by atoms with Crippen LogP contribution in [0.15, 0.2) is 39.9 Å². The average Bonchev–Trinajstić information content (AvgIpc) is 2.35. The number of hydrogen-bond acceptors (Lipinski definition) is 3. The van der Waals surface area contributed by atoms with Crippen molar-refractivity contribution in [2.45, 2.75) is 26.3 Å². The third-order valence-corrected chi connectivity index (χ3v) is 3.44. The number of ether oxygens (including phenoxy) is 1. The van der Waals surface area contributed by atoms with E-state index in [2.05, 4.69) is 20.9 Å². The largest absolute Gasteiger partial charge is 0.433 e. The van der Waals surface area contributed by atoms with Crippen LogP contribution in [-0.4, -0.2) is 9.55 Å². The van der Waals surface area contributed by atoms with Gasteiger partial charge in [0.15, 0.2) is 0 Å². The number of hydrogen-bond donors (Lipinski definition) is 0. The van der Waals surface area contributed by atoms with Crippen LogP contribution in [0, 0.1) is 0 Å². The maximum absolute atomic E-state index is 12.3. The first-order valence-electron chi connectivity index (χ1n) is 6.00. The highest BCUT2D eigenvalue weighted by Crippen LogP contribution is 2.30. The van der Waals surface area contributed by atoms with Crippen molar-refractivity contribution in [1.82, 2.24) is 9.55 Å². The molecule has 1 aromatic heterocycles. The molecule has 1 heterocycles. The van der Waals surface area contributed by atoms with Gasteiger partial charge in [0.2, 0.25) is 0 Å². The van der Waals surface area contributed by atoms with Gasteiger partial charge in [0.1, 0.15) is 5.75 Å². The molecular formula is C14H14BrClN2O2. The molecule has 0 saturated carbocycles. The van der Waals surface area contributed by atoms with Crippen LogP contribution in [0.1, 0.15) is 20.8 Å². The lowest BCUT2D eigenvalue weighted by Crippen LogP contribution is -2.34. The number of rotatable bonds is 2. The zero-order valence-corrected chi connectivity index (χ0v) is 13.7. The standard InChI is InChI=1S/C14H14BrClN2O2/c1-14(2,3)18-7-6-17-12(13(18)19)20-11-8-9(15)4-5-10(11)16/h4-8H,1-3H3. The fraction of sp³-hybridized carbons (Fsp3) is 0.286. The molecule has 20 heavy (non-hydrogen) atoms. The predicted molar refractivity (Wildman–Crippen MR) is 82.7 cm³/mol. The highest BCUT2D eigenvalue weighted by Gasteiger charge is 2.18. The maximum Gasteiger partial charge on any atom is 0.314 e. The van der Waals surface area contributed by atoms with E-state index < -0.39 is 0 Å². The molecule has 6 heteroatoms. The van der Waals surface area contributed by atoms with Crippen molar-refractivity contribution in [2.24, 2.45) is 0 Å². The van der Waals surface area contributed by atoms with Gasteiger partial charge in [-0.25, -0.2) is 4.98 Å². The summed E-state index contributed by atoms with van der Waals surface area (Å²) >= 11 is 9.38. The van der Waals surface area contributed by atoms with Gasteiger partial charge in [-0.05, 0) is 39.0 Å². The molecule has 2 aromatic rings. The third kappa shape index (κ3) is 3.22. The quantitative estimate of drug-likeness (QED) is 0.809. The summed E-state index contributed by atoms with van der Waals surface area (Å²) in [6.45, 7) is 5.80. The van der Waals surface area contributed by atoms with Crippen molar-refractivity contribution >= 4 is 27.5 Å². The van der Waals surface area contributed by atoms with Crippen LogP contribution in [-0.2, 0) is 5.54 Å². The summed E-state index contributed by atoms with van der Waals surface area (Å²) in [5, 5.41) is 0.417. The zero-order chi connectivity index (χ0) is 14.9. The maximum atomic E-state index is 12.3. The zero-order valence-electron chi connectivity index (χ0n) is 11.4. The van der Waals surface area contributed by atoms with Crippen molar-refractivity contribution in [3.05, 3.63) is 50.4 Å². The van der Waals surface area contributed by atoms with E-state index in [-0.39, 0.29) is 17.0 Å². The van der Waals surface area contributed by atoms with Crippen molar-refractivity contribution in [1.29, 1.82) is 0 Å². The molecule has 4 nitrogen and oxygen atoms in total. The van der Waals surface area contributed by atoms with Crippen LogP contribution in [0.4, 0.5) is 0 Å². The lowest BCUT2D eigenvalue weighted by molar-refractivity contribution is 0.363. The van der Waals surface area contributed by atoms with Crippen LogP contribution < -0.4 is 10.3 Å². The van der Waals surface area contributed by atoms with Crippen molar-refractivity contribution in [2.75, 3.05) is 0 Å². The summed E-state index contributed by atoms with van der Waals surface area (Å²) < 4.78 is 7.93. The topological polar surface area (TPSA) is 44.1 Å². The van der Waals surface area contributed by atoms with Crippen molar-refractivity contribution < 1.29 is 4.74 Å². The molecule has 0 radical (unpaired) electrons. The molecular weight excluding hydrogens is 344 g/mol. The van der Waals surface area contributed by atoms with Gasteiger partial charge in [-0.3, -0.25) is 4.79 Å². The number of nitrogens with zero attached hydrogens (tertiary/aromatic N) is 2. The van der Waals surface area contributed by atoms with Gasteiger partial charge in [0, 0.05) is 22.4 Å². The Hall–Kier alpha value is -1.33. The monoisotopic (exact) mass is 356 g/mol. The molecule has 0 unspecified atom stereocenters. The second-order valence-electron chi connectivity index (χ2n) is 5.26. The highest BCUT2D eigenvalue weighted by molar-refractivity contribution is 9.10. The van der Waals surface area contributed by atoms with Gasteiger partial charge in [-0.15, -0.1) is 0 Å². The van der Waals surface area contributed by atoms with Crippen LogP contribution in [0.5, 0.6) is 11.6 Å². The molecule has 0 bridgehead atoms. The van der Waals surface area contributed by atoms with E-state index in [1.165, 1.54) is 6.20 Å². The average molecular weight is 358 g/mol. The van der Waals surface area contributed by atoms with Gasteiger partial charge >= 0.3 is 5.56 Å². The van der Waals surface area contributed by atoms with E-state index in [4.69, 9.17) is 16.3 Å².